The van der Waals surface area contributed by atoms with Crippen molar-refractivity contribution < 1.29 is 0 Å². The van der Waals surface area contributed by atoms with E-state index in [1.165, 1.54) is 0 Å². The van der Waals surface area contributed by atoms with Crippen LogP contribution in [0.3, 0.4) is 0 Å². The zero-order valence-corrected chi connectivity index (χ0v) is 10.7. The largest absolute Gasteiger partial charge is 0.330 e. The fraction of sp³-hybridized carbons (Fsp3) is 0.200. The molecule has 2 N–H and O–H groups in total. The van der Waals surface area contributed by atoms with Gasteiger partial charge in [0.05, 0.1) is 22.6 Å². The van der Waals surface area contributed by atoms with Gasteiger partial charge in [0.1, 0.15) is 0 Å². The molecule has 0 radical (unpaired) electrons. The summed E-state index contributed by atoms with van der Waals surface area (Å²) in [6.45, 7) is 0.569. The number of nitrogens with two attached hydrogens (primary N) is 1. The van der Waals surface area contributed by atoms with E-state index in [4.69, 9.17) is 17.3 Å². The Bertz CT molecular complexity index is 497. The van der Waals surface area contributed by atoms with Gasteiger partial charge in [0.15, 0.2) is 0 Å². The third-order valence-corrected chi connectivity index (χ3v) is 3.34. The van der Waals surface area contributed by atoms with Gasteiger partial charge in [0.2, 0.25) is 0 Å². The predicted octanol–water partition coefficient (Wildman–Crippen LogP) is 2.18. The molecule has 0 aliphatic rings. The summed E-state index contributed by atoms with van der Waals surface area (Å²) in [5.74, 6) is 0. The molecule has 0 saturated carbocycles. The highest BCUT2D eigenvalue weighted by atomic mass is 79.9. The van der Waals surface area contributed by atoms with Crippen LogP contribution < -0.4 is 5.73 Å². The molecular formula is C10H10BrClN4. The molecule has 0 saturated heterocycles. The highest BCUT2D eigenvalue weighted by Crippen LogP contribution is 2.24. The Hall–Kier alpha value is -0.910. The average molecular weight is 302 g/mol. The van der Waals surface area contributed by atoms with Gasteiger partial charge in [-0.3, -0.25) is 0 Å². The molecule has 0 aliphatic heterocycles. The second-order valence-electron chi connectivity index (χ2n) is 3.29. The molecule has 1 heterocycles. The summed E-state index contributed by atoms with van der Waals surface area (Å²) in [5.41, 5.74) is 7.20. The van der Waals surface area contributed by atoms with Crippen LogP contribution in [0.25, 0.3) is 5.69 Å². The Morgan fingerprint density at radius 1 is 1.44 bits per heavy atom. The predicted molar refractivity (Wildman–Crippen MR) is 66.8 cm³/mol. The van der Waals surface area contributed by atoms with Crippen LogP contribution in [0.15, 0.2) is 28.9 Å². The molecule has 0 atom stereocenters. The van der Waals surface area contributed by atoms with Crippen molar-refractivity contribution in [2.75, 3.05) is 6.54 Å². The minimum absolute atomic E-state index is 0.569. The maximum Gasteiger partial charge on any atom is 0.0844 e. The van der Waals surface area contributed by atoms with Gasteiger partial charge in [-0.25, -0.2) is 4.68 Å². The van der Waals surface area contributed by atoms with E-state index in [2.05, 4.69) is 26.2 Å². The zero-order valence-electron chi connectivity index (χ0n) is 8.40. The van der Waals surface area contributed by atoms with Gasteiger partial charge in [-0.2, -0.15) is 0 Å². The van der Waals surface area contributed by atoms with Gasteiger partial charge < -0.3 is 5.73 Å². The van der Waals surface area contributed by atoms with E-state index >= 15 is 0 Å². The third kappa shape index (κ3) is 2.42. The molecule has 1 aromatic heterocycles. The summed E-state index contributed by atoms with van der Waals surface area (Å²) >= 11 is 9.34. The van der Waals surface area contributed by atoms with Crippen LogP contribution in [-0.2, 0) is 6.42 Å². The summed E-state index contributed by atoms with van der Waals surface area (Å²) in [6, 6.07) is 5.62. The van der Waals surface area contributed by atoms with E-state index in [9.17, 15) is 0 Å². The number of halogens is 2. The van der Waals surface area contributed by atoms with Crippen LogP contribution in [-0.4, -0.2) is 21.5 Å². The number of aromatic nitrogens is 3. The third-order valence-electron chi connectivity index (χ3n) is 2.11. The molecule has 0 amide bonds. The lowest BCUT2D eigenvalue weighted by atomic mass is 10.3. The first-order valence-electron chi connectivity index (χ1n) is 4.77. The molecule has 1 aromatic carbocycles. The first-order valence-corrected chi connectivity index (χ1v) is 5.94. The minimum Gasteiger partial charge on any atom is -0.330 e. The smallest absolute Gasteiger partial charge is 0.0844 e. The van der Waals surface area contributed by atoms with E-state index in [0.29, 0.717) is 11.6 Å². The van der Waals surface area contributed by atoms with Gasteiger partial charge >= 0.3 is 0 Å². The number of rotatable bonds is 3. The molecule has 2 rings (SSSR count). The molecule has 84 valence electrons. The molecule has 0 aliphatic carbocycles. The Balaban J connectivity index is 2.31. The summed E-state index contributed by atoms with van der Waals surface area (Å²) in [5, 5.41) is 8.67. The second kappa shape index (κ2) is 4.95. The monoisotopic (exact) mass is 300 g/mol. The molecule has 4 nitrogen and oxygen atoms in total. The van der Waals surface area contributed by atoms with E-state index in [1.54, 1.807) is 4.68 Å². The van der Waals surface area contributed by atoms with Crippen molar-refractivity contribution in [1.82, 2.24) is 15.0 Å². The number of hydrogen-bond donors (Lipinski definition) is 1. The fourth-order valence-corrected chi connectivity index (χ4v) is 1.74. The van der Waals surface area contributed by atoms with Crippen molar-refractivity contribution in [2.24, 2.45) is 5.73 Å². The lowest BCUT2D eigenvalue weighted by Crippen LogP contribution is -2.02. The van der Waals surface area contributed by atoms with Gasteiger partial charge in [-0.05, 0) is 40.7 Å². The van der Waals surface area contributed by atoms with Gasteiger partial charge in [-0.15, -0.1) is 5.10 Å². The van der Waals surface area contributed by atoms with Gasteiger partial charge in [0.25, 0.3) is 0 Å². The van der Waals surface area contributed by atoms with Crippen LogP contribution in [0.4, 0.5) is 0 Å². The molecule has 0 fully saturated rings. The quantitative estimate of drug-likeness (QED) is 0.945. The molecular weight excluding hydrogens is 291 g/mol. The number of benzene rings is 1. The maximum absolute atomic E-state index is 6.00. The summed E-state index contributed by atoms with van der Waals surface area (Å²) in [4.78, 5) is 0. The first-order chi connectivity index (χ1) is 7.70. The van der Waals surface area contributed by atoms with Crippen molar-refractivity contribution in [1.29, 1.82) is 0 Å². The van der Waals surface area contributed by atoms with Crippen molar-refractivity contribution >= 4 is 27.5 Å². The molecule has 16 heavy (non-hydrogen) atoms. The van der Waals surface area contributed by atoms with Crippen molar-refractivity contribution in [3.8, 4) is 5.69 Å². The van der Waals surface area contributed by atoms with Crippen molar-refractivity contribution in [2.45, 2.75) is 6.42 Å². The number of hydrogen-bond acceptors (Lipinski definition) is 3. The van der Waals surface area contributed by atoms with Gasteiger partial charge in [-0.1, -0.05) is 16.8 Å². The highest BCUT2D eigenvalue weighted by molar-refractivity contribution is 9.10. The van der Waals surface area contributed by atoms with Gasteiger partial charge in [0, 0.05) is 10.9 Å². The minimum atomic E-state index is 0.569. The summed E-state index contributed by atoms with van der Waals surface area (Å²) < 4.78 is 2.55. The highest BCUT2D eigenvalue weighted by Gasteiger charge is 2.04. The fourth-order valence-electron chi connectivity index (χ4n) is 1.31. The lowest BCUT2D eigenvalue weighted by molar-refractivity contribution is 0.795. The molecule has 2 aromatic rings. The molecule has 0 spiro atoms. The normalized spacial score (nSPS) is 10.7. The Kier molecular flexibility index (Phi) is 3.58. The molecule has 6 heteroatoms. The van der Waals surface area contributed by atoms with E-state index < -0.39 is 0 Å². The van der Waals surface area contributed by atoms with Crippen LogP contribution in [0.2, 0.25) is 5.02 Å². The van der Waals surface area contributed by atoms with Crippen LogP contribution in [0.1, 0.15) is 5.69 Å². The average Bonchev–Trinajstić information content (AvgIpc) is 2.71. The van der Waals surface area contributed by atoms with Crippen molar-refractivity contribution in [3.63, 3.8) is 0 Å². The van der Waals surface area contributed by atoms with Crippen LogP contribution >= 0.6 is 27.5 Å². The molecule has 0 unspecified atom stereocenters. The van der Waals surface area contributed by atoms with Crippen LogP contribution in [0.5, 0.6) is 0 Å². The standard InChI is InChI=1S/C10H10BrClN4/c11-9-2-1-8(5-10(9)12)16-6-7(3-4-13)14-15-16/h1-2,5-6H,3-4,13H2. The Morgan fingerprint density at radius 3 is 2.94 bits per heavy atom. The first kappa shape index (κ1) is 11.6. The Labute approximate surface area is 107 Å². The Morgan fingerprint density at radius 2 is 2.25 bits per heavy atom. The lowest BCUT2D eigenvalue weighted by Gasteiger charge is -2.01. The SMILES string of the molecule is NCCc1cn(-c2ccc(Br)c(Cl)c2)nn1. The van der Waals surface area contributed by atoms with Crippen molar-refractivity contribution in [3.05, 3.63) is 39.6 Å². The van der Waals surface area contributed by atoms with Crippen LogP contribution in [0, 0.1) is 0 Å². The number of nitrogens with zero attached hydrogens (tertiary/aromatic N) is 3. The summed E-state index contributed by atoms with van der Waals surface area (Å²) in [6.07, 6.45) is 2.58. The molecule has 0 bridgehead atoms. The second-order valence-corrected chi connectivity index (χ2v) is 4.55. The van der Waals surface area contributed by atoms with E-state index in [1.807, 2.05) is 24.4 Å². The summed E-state index contributed by atoms with van der Waals surface area (Å²) in [7, 11) is 0. The zero-order chi connectivity index (χ0) is 11.5. The topological polar surface area (TPSA) is 56.7 Å². The van der Waals surface area contributed by atoms with E-state index in [0.717, 1.165) is 22.3 Å². The maximum atomic E-state index is 6.00. The van der Waals surface area contributed by atoms with E-state index in [-0.39, 0.29) is 0 Å².